The molecule has 1 heteroatoms. The summed E-state index contributed by atoms with van der Waals surface area (Å²) in [5.41, 5.74) is 0. The molecule has 0 spiro atoms. The van der Waals surface area contributed by atoms with Crippen molar-refractivity contribution in [2.24, 2.45) is 5.92 Å². The molecule has 1 aliphatic rings. The van der Waals surface area contributed by atoms with E-state index in [0.717, 1.165) is 0 Å². The fourth-order valence-corrected chi connectivity index (χ4v) is 3.84. The molecular weight excluding hydrogens is 272 g/mol. The molecule has 1 rings (SSSR count). The topological polar surface area (TPSA) is 0 Å². The lowest BCUT2D eigenvalue weighted by Gasteiger charge is -2.11. The third-order valence-corrected chi connectivity index (χ3v) is 5.07. The lowest BCUT2D eigenvalue weighted by molar-refractivity contribution is 0.553. The number of thioether (sulfide) groups is 1. The fraction of sp³-hybridized carbons (Fsp3) is 0.700. The molecule has 1 unspecified atom stereocenters. The maximum absolute atomic E-state index is 3.77. The zero-order valence-electron chi connectivity index (χ0n) is 14.0. The molecule has 0 saturated heterocycles. The Kier molecular flexibility index (Phi) is 11.7. The third-order valence-electron chi connectivity index (χ3n) is 4.13. The Hall–Kier alpha value is -0.430. The van der Waals surface area contributed by atoms with Crippen LogP contribution in [0.4, 0.5) is 0 Å². The maximum Gasteiger partial charge on any atom is -0.00626 e. The van der Waals surface area contributed by atoms with Crippen LogP contribution >= 0.6 is 11.8 Å². The smallest absolute Gasteiger partial charge is 0.00626 e. The summed E-state index contributed by atoms with van der Waals surface area (Å²) < 4.78 is 0. The lowest BCUT2D eigenvalue weighted by atomic mass is 10.0. The maximum atomic E-state index is 3.77. The summed E-state index contributed by atoms with van der Waals surface area (Å²) in [6.07, 6.45) is 23.4. The molecule has 0 nitrogen and oxygen atoms in total. The van der Waals surface area contributed by atoms with Gasteiger partial charge in [0, 0.05) is 0 Å². The second-order valence-corrected chi connectivity index (χ2v) is 7.33. The molecule has 120 valence electrons. The van der Waals surface area contributed by atoms with Crippen molar-refractivity contribution in [1.82, 2.24) is 0 Å². The normalized spacial score (nSPS) is 17.8. The van der Waals surface area contributed by atoms with E-state index in [1.165, 1.54) is 77.0 Å². The Morgan fingerprint density at radius 1 is 0.952 bits per heavy atom. The zero-order valence-corrected chi connectivity index (χ0v) is 14.8. The Morgan fingerprint density at radius 3 is 2.10 bits per heavy atom. The van der Waals surface area contributed by atoms with Gasteiger partial charge in [0.2, 0.25) is 0 Å². The SMILES string of the molecule is C=CCCCCCCCCCCCCC1=CC(C)C=CS1. The molecule has 1 heterocycles. The monoisotopic (exact) mass is 306 g/mol. The highest BCUT2D eigenvalue weighted by molar-refractivity contribution is 8.05. The van der Waals surface area contributed by atoms with Gasteiger partial charge in [-0.3, -0.25) is 0 Å². The number of hydrogen-bond acceptors (Lipinski definition) is 1. The van der Waals surface area contributed by atoms with Gasteiger partial charge in [-0.1, -0.05) is 76.5 Å². The van der Waals surface area contributed by atoms with Crippen molar-refractivity contribution in [3.05, 3.63) is 35.1 Å². The lowest BCUT2D eigenvalue weighted by Crippen LogP contribution is -1.91. The number of allylic oxidation sites excluding steroid dienone is 4. The molecule has 0 aromatic heterocycles. The first kappa shape index (κ1) is 18.6. The van der Waals surface area contributed by atoms with Gasteiger partial charge in [0.05, 0.1) is 0 Å². The summed E-state index contributed by atoms with van der Waals surface area (Å²) in [7, 11) is 0. The molecule has 1 aliphatic heterocycles. The van der Waals surface area contributed by atoms with Gasteiger partial charge in [-0.25, -0.2) is 0 Å². The van der Waals surface area contributed by atoms with E-state index in [9.17, 15) is 0 Å². The predicted octanol–water partition coefficient (Wildman–Crippen LogP) is 7.63. The van der Waals surface area contributed by atoms with Crippen molar-refractivity contribution >= 4 is 11.8 Å². The number of unbranched alkanes of at least 4 members (excludes halogenated alkanes) is 10. The van der Waals surface area contributed by atoms with E-state index in [4.69, 9.17) is 0 Å². The first-order valence-corrected chi connectivity index (χ1v) is 9.86. The van der Waals surface area contributed by atoms with Gasteiger partial charge < -0.3 is 0 Å². The summed E-state index contributed by atoms with van der Waals surface area (Å²) in [5.74, 6) is 0.646. The van der Waals surface area contributed by atoms with Gasteiger partial charge in [-0.15, -0.1) is 18.3 Å². The van der Waals surface area contributed by atoms with Gasteiger partial charge in [0.15, 0.2) is 0 Å². The van der Waals surface area contributed by atoms with Crippen LogP contribution in [0.15, 0.2) is 35.1 Å². The fourth-order valence-electron chi connectivity index (χ4n) is 2.78. The molecule has 0 aromatic carbocycles. The minimum Gasteiger partial charge on any atom is -0.103 e. The molecule has 0 bridgehead atoms. The van der Waals surface area contributed by atoms with Crippen LogP contribution in [0.3, 0.4) is 0 Å². The first-order valence-electron chi connectivity index (χ1n) is 8.98. The quantitative estimate of drug-likeness (QED) is 0.249. The summed E-state index contributed by atoms with van der Waals surface area (Å²) in [5, 5.41) is 2.26. The van der Waals surface area contributed by atoms with Crippen molar-refractivity contribution in [3.63, 3.8) is 0 Å². The van der Waals surface area contributed by atoms with Crippen molar-refractivity contribution in [1.29, 1.82) is 0 Å². The Bertz CT molecular complexity index is 314. The number of rotatable bonds is 13. The predicted molar refractivity (Wildman–Crippen MR) is 99.6 cm³/mol. The average Bonchev–Trinajstić information content (AvgIpc) is 2.48. The van der Waals surface area contributed by atoms with Crippen molar-refractivity contribution in [3.8, 4) is 0 Å². The van der Waals surface area contributed by atoms with Crippen molar-refractivity contribution in [2.75, 3.05) is 0 Å². The minimum atomic E-state index is 0.646. The summed E-state index contributed by atoms with van der Waals surface area (Å²) in [4.78, 5) is 1.59. The van der Waals surface area contributed by atoms with Crippen LogP contribution in [0.25, 0.3) is 0 Å². The van der Waals surface area contributed by atoms with Gasteiger partial charge in [0.25, 0.3) is 0 Å². The van der Waals surface area contributed by atoms with Crippen LogP contribution in [0, 0.1) is 5.92 Å². The standard InChI is InChI=1S/C20H34S/c1-3-4-5-6-7-8-9-10-11-12-13-14-15-20-18-19(2)16-17-21-20/h3,16-19H,1,4-15H2,2H3. The minimum absolute atomic E-state index is 0.646. The van der Waals surface area contributed by atoms with Crippen LogP contribution in [0.1, 0.15) is 84.0 Å². The van der Waals surface area contributed by atoms with E-state index in [2.05, 4.69) is 31.1 Å². The van der Waals surface area contributed by atoms with Crippen molar-refractivity contribution < 1.29 is 0 Å². The molecule has 1 atom stereocenters. The first-order chi connectivity index (χ1) is 10.3. The van der Waals surface area contributed by atoms with E-state index >= 15 is 0 Å². The van der Waals surface area contributed by atoms with E-state index in [-0.39, 0.29) is 0 Å². The molecular formula is C20H34S. The van der Waals surface area contributed by atoms with Crippen molar-refractivity contribution in [2.45, 2.75) is 84.0 Å². The molecule has 0 fully saturated rings. The molecule has 0 saturated carbocycles. The third kappa shape index (κ3) is 10.9. The summed E-state index contributed by atoms with van der Waals surface area (Å²) >= 11 is 1.92. The van der Waals surface area contributed by atoms with Crippen LogP contribution in [-0.4, -0.2) is 0 Å². The van der Waals surface area contributed by atoms with Gasteiger partial charge in [-0.05, 0) is 41.9 Å². The van der Waals surface area contributed by atoms with Gasteiger partial charge in [0.1, 0.15) is 0 Å². The number of hydrogen-bond donors (Lipinski definition) is 0. The summed E-state index contributed by atoms with van der Waals surface area (Å²) in [6, 6.07) is 0. The largest absolute Gasteiger partial charge is 0.103 e. The van der Waals surface area contributed by atoms with E-state index < -0.39 is 0 Å². The summed E-state index contributed by atoms with van der Waals surface area (Å²) in [6.45, 7) is 6.04. The molecule has 0 N–H and O–H groups in total. The highest BCUT2D eigenvalue weighted by Crippen LogP contribution is 2.29. The average molecular weight is 307 g/mol. The molecule has 0 aromatic rings. The molecule has 21 heavy (non-hydrogen) atoms. The van der Waals surface area contributed by atoms with Crippen LogP contribution in [0.2, 0.25) is 0 Å². The van der Waals surface area contributed by atoms with E-state index in [0.29, 0.717) is 5.92 Å². The van der Waals surface area contributed by atoms with E-state index in [1.807, 2.05) is 17.8 Å². The Labute approximate surface area is 137 Å². The van der Waals surface area contributed by atoms with Crippen LogP contribution < -0.4 is 0 Å². The molecule has 0 radical (unpaired) electrons. The van der Waals surface area contributed by atoms with Crippen LogP contribution in [-0.2, 0) is 0 Å². The highest BCUT2D eigenvalue weighted by atomic mass is 32.2. The van der Waals surface area contributed by atoms with Crippen LogP contribution in [0.5, 0.6) is 0 Å². The highest BCUT2D eigenvalue weighted by Gasteiger charge is 2.04. The Morgan fingerprint density at radius 2 is 1.52 bits per heavy atom. The second kappa shape index (κ2) is 13.2. The van der Waals surface area contributed by atoms with Gasteiger partial charge in [-0.2, -0.15) is 0 Å². The molecule has 0 amide bonds. The zero-order chi connectivity index (χ0) is 15.2. The Balaban J connectivity index is 1.79. The van der Waals surface area contributed by atoms with E-state index in [1.54, 1.807) is 4.91 Å². The van der Waals surface area contributed by atoms with Gasteiger partial charge >= 0.3 is 0 Å². The second-order valence-electron chi connectivity index (χ2n) is 6.30. The molecule has 0 aliphatic carbocycles.